The summed E-state index contributed by atoms with van der Waals surface area (Å²) in [6.07, 6.45) is 2.46. The minimum absolute atomic E-state index is 0.202. The maximum absolute atomic E-state index is 11.7. The second kappa shape index (κ2) is 6.28. The summed E-state index contributed by atoms with van der Waals surface area (Å²) in [5, 5.41) is 3.40. The molecule has 106 valence electrons. The van der Waals surface area contributed by atoms with E-state index in [1.165, 1.54) is 7.11 Å². The summed E-state index contributed by atoms with van der Waals surface area (Å²) in [6, 6.07) is 9.61. The molecule has 0 spiro atoms. The first-order valence-electron chi connectivity index (χ1n) is 6.58. The van der Waals surface area contributed by atoms with E-state index in [0.29, 0.717) is 5.56 Å². The highest BCUT2D eigenvalue weighted by molar-refractivity contribution is 5.92. The molecule has 0 amide bonds. The van der Waals surface area contributed by atoms with Crippen molar-refractivity contribution in [3.63, 3.8) is 0 Å². The molecule has 0 saturated heterocycles. The third kappa shape index (κ3) is 3.20. The maximum Gasteiger partial charge on any atom is 0.338 e. The minimum Gasteiger partial charge on any atom is -0.469 e. The lowest BCUT2D eigenvalue weighted by molar-refractivity contribution is 0.0600. The number of nitrogens with one attached hydrogen (secondary N) is 1. The number of methoxy groups -OCH3 is 1. The van der Waals surface area contributed by atoms with Gasteiger partial charge in [0.05, 0.1) is 18.9 Å². The average molecular weight is 273 g/mol. The number of furan rings is 1. The fraction of sp³-hybridized carbons (Fsp3) is 0.312. The fourth-order valence-corrected chi connectivity index (χ4v) is 2.17. The van der Waals surface area contributed by atoms with Gasteiger partial charge in [0.15, 0.2) is 0 Å². The summed E-state index contributed by atoms with van der Waals surface area (Å²) in [4.78, 5) is 11.7. The van der Waals surface area contributed by atoms with E-state index in [4.69, 9.17) is 9.15 Å². The molecule has 0 bridgehead atoms. The van der Waals surface area contributed by atoms with Crippen LogP contribution in [0.1, 0.15) is 28.6 Å². The SMILES string of the molecule is COC(=O)c1cccc(NC(C)Cc2ccco2)c1C. The van der Waals surface area contributed by atoms with Crippen molar-refractivity contribution >= 4 is 11.7 Å². The Morgan fingerprint density at radius 1 is 1.35 bits per heavy atom. The number of hydrogen-bond donors (Lipinski definition) is 1. The van der Waals surface area contributed by atoms with Crippen LogP contribution in [0.25, 0.3) is 0 Å². The number of rotatable bonds is 5. The van der Waals surface area contributed by atoms with Gasteiger partial charge in [0.2, 0.25) is 0 Å². The van der Waals surface area contributed by atoms with E-state index < -0.39 is 0 Å². The van der Waals surface area contributed by atoms with E-state index in [2.05, 4.69) is 12.2 Å². The molecule has 20 heavy (non-hydrogen) atoms. The van der Waals surface area contributed by atoms with E-state index >= 15 is 0 Å². The van der Waals surface area contributed by atoms with Crippen LogP contribution in [0.5, 0.6) is 0 Å². The smallest absolute Gasteiger partial charge is 0.338 e. The van der Waals surface area contributed by atoms with Crippen molar-refractivity contribution in [3.05, 3.63) is 53.5 Å². The molecule has 1 unspecified atom stereocenters. The normalized spacial score (nSPS) is 11.9. The zero-order valence-electron chi connectivity index (χ0n) is 12.0. The van der Waals surface area contributed by atoms with Crippen LogP contribution in [0.4, 0.5) is 5.69 Å². The van der Waals surface area contributed by atoms with Gasteiger partial charge in [0.1, 0.15) is 5.76 Å². The van der Waals surface area contributed by atoms with Crippen molar-refractivity contribution in [3.8, 4) is 0 Å². The van der Waals surface area contributed by atoms with Crippen molar-refractivity contribution in [1.29, 1.82) is 0 Å². The molecular formula is C16H19NO3. The Labute approximate surface area is 118 Å². The van der Waals surface area contributed by atoms with Gasteiger partial charge in [-0.05, 0) is 43.7 Å². The maximum atomic E-state index is 11.7. The Kier molecular flexibility index (Phi) is 4.45. The van der Waals surface area contributed by atoms with Crippen LogP contribution in [-0.4, -0.2) is 19.1 Å². The Balaban J connectivity index is 2.11. The number of esters is 1. The Bertz CT molecular complexity index is 575. The first-order valence-corrected chi connectivity index (χ1v) is 6.58. The molecule has 0 radical (unpaired) electrons. The van der Waals surface area contributed by atoms with Crippen LogP contribution in [0.15, 0.2) is 41.0 Å². The minimum atomic E-state index is -0.315. The molecule has 0 fully saturated rings. The van der Waals surface area contributed by atoms with Gasteiger partial charge in [0.25, 0.3) is 0 Å². The number of carbonyl (C=O) groups is 1. The van der Waals surface area contributed by atoms with Crippen molar-refractivity contribution in [2.75, 3.05) is 12.4 Å². The molecule has 0 aliphatic carbocycles. The average Bonchev–Trinajstić information content (AvgIpc) is 2.93. The topological polar surface area (TPSA) is 51.5 Å². The van der Waals surface area contributed by atoms with E-state index in [1.54, 1.807) is 12.3 Å². The standard InChI is InChI=1S/C16H19NO3/c1-11(10-13-6-5-9-20-13)17-15-8-4-7-14(12(15)2)16(18)19-3/h4-9,11,17H,10H2,1-3H3. The molecule has 0 aliphatic rings. The van der Waals surface area contributed by atoms with Gasteiger partial charge < -0.3 is 14.5 Å². The van der Waals surface area contributed by atoms with Crippen LogP contribution in [-0.2, 0) is 11.2 Å². The highest BCUT2D eigenvalue weighted by atomic mass is 16.5. The lowest BCUT2D eigenvalue weighted by Gasteiger charge is -2.17. The van der Waals surface area contributed by atoms with E-state index in [-0.39, 0.29) is 12.0 Å². The Morgan fingerprint density at radius 2 is 2.15 bits per heavy atom. The number of hydrogen-bond acceptors (Lipinski definition) is 4. The molecule has 1 aromatic carbocycles. The quantitative estimate of drug-likeness (QED) is 0.848. The molecule has 1 aromatic heterocycles. The molecule has 2 aromatic rings. The number of benzene rings is 1. The first-order chi connectivity index (χ1) is 9.61. The van der Waals surface area contributed by atoms with Gasteiger partial charge in [-0.2, -0.15) is 0 Å². The summed E-state index contributed by atoms with van der Waals surface area (Å²) in [5.41, 5.74) is 2.42. The molecular weight excluding hydrogens is 254 g/mol. The second-order valence-corrected chi connectivity index (χ2v) is 4.80. The van der Waals surface area contributed by atoms with Gasteiger partial charge >= 0.3 is 5.97 Å². The van der Waals surface area contributed by atoms with Crippen molar-refractivity contribution in [2.45, 2.75) is 26.3 Å². The van der Waals surface area contributed by atoms with E-state index in [1.807, 2.05) is 31.2 Å². The third-order valence-corrected chi connectivity index (χ3v) is 3.23. The predicted molar refractivity (Wildman–Crippen MR) is 78.0 cm³/mol. The number of anilines is 1. The highest BCUT2D eigenvalue weighted by Gasteiger charge is 2.13. The van der Waals surface area contributed by atoms with Crippen molar-refractivity contribution in [2.24, 2.45) is 0 Å². The predicted octanol–water partition coefficient (Wildman–Crippen LogP) is 3.42. The van der Waals surface area contributed by atoms with E-state index in [9.17, 15) is 4.79 Å². The summed E-state index contributed by atoms with van der Waals surface area (Å²) < 4.78 is 10.1. The Hall–Kier alpha value is -2.23. The largest absolute Gasteiger partial charge is 0.469 e. The summed E-state index contributed by atoms with van der Waals surface area (Å²) in [6.45, 7) is 3.99. The van der Waals surface area contributed by atoms with Gasteiger partial charge in [0, 0.05) is 18.2 Å². The van der Waals surface area contributed by atoms with Crippen molar-refractivity contribution in [1.82, 2.24) is 0 Å². The molecule has 0 aliphatic heterocycles. The summed E-state index contributed by atoms with van der Waals surface area (Å²) in [7, 11) is 1.39. The van der Waals surface area contributed by atoms with E-state index in [0.717, 1.165) is 23.4 Å². The van der Waals surface area contributed by atoms with Crippen LogP contribution in [0.3, 0.4) is 0 Å². The molecule has 1 N–H and O–H groups in total. The Morgan fingerprint density at radius 3 is 2.80 bits per heavy atom. The van der Waals surface area contributed by atoms with Crippen LogP contribution >= 0.6 is 0 Å². The number of carbonyl (C=O) groups excluding carboxylic acids is 1. The summed E-state index contributed by atoms with van der Waals surface area (Å²) >= 11 is 0. The van der Waals surface area contributed by atoms with Gasteiger partial charge in [-0.1, -0.05) is 6.07 Å². The monoisotopic (exact) mass is 273 g/mol. The molecule has 0 saturated carbocycles. The lowest BCUT2D eigenvalue weighted by atomic mass is 10.1. The second-order valence-electron chi connectivity index (χ2n) is 4.80. The van der Waals surface area contributed by atoms with Gasteiger partial charge in [-0.15, -0.1) is 0 Å². The first kappa shape index (κ1) is 14.2. The molecule has 1 heterocycles. The summed E-state index contributed by atoms with van der Waals surface area (Å²) in [5.74, 6) is 0.622. The third-order valence-electron chi connectivity index (χ3n) is 3.23. The van der Waals surface area contributed by atoms with Gasteiger partial charge in [-0.3, -0.25) is 0 Å². The molecule has 4 nitrogen and oxygen atoms in total. The lowest BCUT2D eigenvalue weighted by Crippen LogP contribution is -2.19. The molecule has 2 rings (SSSR count). The molecule has 4 heteroatoms. The fourth-order valence-electron chi connectivity index (χ4n) is 2.17. The van der Waals surface area contributed by atoms with Gasteiger partial charge in [-0.25, -0.2) is 4.79 Å². The zero-order valence-corrected chi connectivity index (χ0v) is 12.0. The zero-order chi connectivity index (χ0) is 14.5. The number of ether oxygens (including phenoxy) is 1. The highest BCUT2D eigenvalue weighted by Crippen LogP contribution is 2.21. The van der Waals surface area contributed by atoms with Crippen LogP contribution < -0.4 is 5.32 Å². The van der Waals surface area contributed by atoms with Crippen molar-refractivity contribution < 1.29 is 13.9 Å². The van der Waals surface area contributed by atoms with Crippen LogP contribution in [0.2, 0.25) is 0 Å². The van der Waals surface area contributed by atoms with Crippen LogP contribution in [0, 0.1) is 6.92 Å². The molecule has 1 atom stereocenters.